The quantitative estimate of drug-likeness (QED) is 0.786. The van der Waals surface area contributed by atoms with Crippen LogP contribution in [0.1, 0.15) is 40.0 Å². The summed E-state index contributed by atoms with van der Waals surface area (Å²) in [7, 11) is 0. The van der Waals surface area contributed by atoms with Gasteiger partial charge in [-0.3, -0.25) is 9.48 Å². The third-order valence-electron chi connectivity index (χ3n) is 4.75. The Morgan fingerprint density at radius 1 is 1.13 bits per heavy atom. The molecule has 4 rings (SSSR count). The Hall–Kier alpha value is -1.52. The highest BCUT2D eigenvalue weighted by Crippen LogP contribution is 2.31. The van der Waals surface area contributed by atoms with Gasteiger partial charge in [0.15, 0.2) is 0 Å². The molecule has 0 N–H and O–H groups in total. The van der Waals surface area contributed by atoms with Gasteiger partial charge in [-0.1, -0.05) is 23.2 Å². The molecule has 0 aliphatic carbocycles. The second kappa shape index (κ2) is 5.84. The standard InChI is InChI=1S/C17H17Cl2N3O/c18-12-7-11-4-6-21(10-14(11)15(19)8-12)17(23)13-9-20-22-5-2-1-3-16(13)22/h7-9H,1-6,10H2. The minimum absolute atomic E-state index is 0.0600. The van der Waals surface area contributed by atoms with E-state index in [0.29, 0.717) is 23.1 Å². The van der Waals surface area contributed by atoms with Crippen molar-refractivity contribution in [1.82, 2.24) is 14.7 Å². The molecule has 0 spiro atoms. The minimum Gasteiger partial charge on any atom is -0.334 e. The summed E-state index contributed by atoms with van der Waals surface area (Å²) in [5, 5.41) is 5.66. The fourth-order valence-corrected chi connectivity index (χ4v) is 4.12. The van der Waals surface area contributed by atoms with E-state index in [1.807, 2.05) is 15.6 Å². The van der Waals surface area contributed by atoms with Gasteiger partial charge >= 0.3 is 0 Å². The van der Waals surface area contributed by atoms with Gasteiger partial charge in [-0.15, -0.1) is 0 Å². The molecule has 0 fully saturated rings. The highest BCUT2D eigenvalue weighted by molar-refractivity contribution is 6.35. The first-order valence-corrected chi connectivity index (χ1v) is 8.70. The number of carbonyl (C=O) groups excluding carboxylic acids is 1. The molecule has 0 radical (unpaired) electrons. The third-order valence-corrected chi connectivity index (χ3v) is 5.31. The van der Waals surface area contributed by atoms with Crippen molar-refractivity contribution in [2.24, 2.45) is 0 Å². The number of amides is 1. The zero-order chi connectivity index (χ0) is 16.0. The Balaban J connectivity index is 1.62. The molecule has 2 aromatic rings. The zero-order valence-electron chi connectivity index (χ0n) is 12.7. The first kappa shape index (κ1) is 15.0. The van der Waals surface area contributed by atoms with Gasteiger partial charge in [0, 0.05) is 29.7 Å². The molecule has 3 heterocycles. The van der Waals surface area contributed by atoms with E-state index in [1.54, 1.807) is 12.3 Å². The molecule has 0 bridgehead atoms. The maximum Gasteiger partial charge on any atom is 0.257 e. The van der Waals surface area contributed by atoms with Crippen LogP contribution in [0.15, 0.2) is 18.3 Å². The Morgan fingerprint density at radius 3 is 2.87 bits per heavy atom. The van der Waals surface area contributed by atoms with Gasteiger partial charge in [0.1, 0.15) is 0 Å². The molecule has 120 valence electrons. The number of rotatable bonds is 1. The predicted octanol–water partition coefficient (Wildman–Crippen LogP) is 3.72. The molecule has 1 amide bonds. The highest BCUT2D eigenvalue weighted by Gasteiger charge is 2.27. The van der Waals surface area contributed by atoms with Gasteiger partial charge in [0.2, 0.25) is 0 Å². The molecule has 1 aromatic heterocycles. The van der Waals surface area contributed by atoms with Crippen molar-refractivity contribution in [3.63, 3.8) is 0 Å². The summed E-state index contributed by atoms with van der Waals surface area (Å²) in [4.78, 5) is 14.8. The molecule has 2 aliphatic heterocycles. The molecule has 0 saturated heterocycles. The number of aryl methyl sites for hydroxylation is 1. The van der Waals surface area contributed by atoms with E-state index in [9.17, 15) is 4.79 Å². The summed E-state index contributed by atoms with van der Waals surface area (Å²) in [5.41, 5.74) is 3.98. The Kier molecular flexibility index (Phi) is 3.82. The highest BCUT2D eigenvalue weighted by atomic mass is 35.5. The Bertz CT molecular complexity index is 784. The van der Waals surface area contributed by atoms with Crippen molar-refractivity contribution >= 4 is 29.1 Å². The van der Waals surface area contributed by atoms with Crippen LogP contribution in [0.4, 0.5) is 0 Å². The van der Waals surface area contributed by atoms with E-state index in [2.05, 4.69) is 5.10 Å². The van der Waals surface area contributed by atoms with Crippen LogP contribution < -0.4 is 0 Å². The number of fused-ring (bicyclic) bond motifs is 2. The van der Waals surface area contributed by atoms with E-state index >= 15 is 0 Å². The summed E-state index contributed by atoms with van der Waals surface area (Å²) in [6.07, 6.45) is 5.70. The fraction of sp³-hybridized carbons (Fsp3) is 0.412. The van der Waals surface area contributed by atoms with Crippen LogP contribution >= 0.6 is 23.2 Å². The van der Waals surface area contributed by atoms with E-state index < -0.39 is 0 Å². The lowest BCUT2D eigenvalue weighted by Crippen LogP contribution is -2.36. The van der Waals surface area contributed by atoms with Crippen molar-refractivity contribution in [1.29, 1.82) is 0 Å². The van der Waals surface area contributed by atoms with E-state index in [1.165, 1.54) is 0 Å². The Labute approximate surface area is 145 Å². The van der Waals surface area contributed by atoms with Crippen LogP contribution in [-0.4, -0.2) is 27.1 Å². The number of carbonyl (C=O) groups is 1. The molecule has 4 nitrogen and oxygen atoms in total. The van der Waals surface area contributed by atoms with Crippen LogP contribution in [0.25, 0.3) is 0 Å². The van der Waals surface area contributed by atoms with Crippen molar-refractivity contribution < 1.29 is 4.79 Å². The number of hydrogen-bond donors (Lipinski definition) is 0. The van der Waals surface area contributed by atoms with Gasteiger partial charge in [-0.05, 0) is 48.9 Å². The molecule has 2 aliphatic rings. The van der Waals surface area contributed by atoms with Gasteiger partial charge in [0.05, 0.1) is 17.5 Å². The smallest absolute Gasteiger partial charge is 0.257 e. The molecule has 6 heteroatoms. The number of hydrogen-bond acceptors (Lipinski definition) is 2. The lowest BCUT2D eigenvalue weighted by atomic mass is 9.98. The Morgan fingerprint density at radius 2 is 2.00 bits per heavy atom. The number of nitrogens with zero attached hydrogens (tertiary/aromatic N) is 3. The third kappa shape index (κ3) is 2.64. The average molecular weight is 350 g/mol. The van der Waals surface area contributed by atoms with Crippen LogP contribution in [-0.2, 0) is 25.9 Å². The van der Waals surface area contributed by atoms with E-state index in [4.69, 9.17) is 23.2 Å². The van der Waals surface area contributed by atoms with E-state index in [0.717, 1.165) is 54.6 Å². The topological polar surface area (TPSA) is 38.1 Å². The molecule has 23 heavy (non-hydrogen) atoms. The summed E-state index contributed by atoms with van der Waals surface area (Å²) in [6, 6.07) is 3.70. The summed E-state index contributed by atoms with van der Waals surface area (Å²) >= 11 is 12.4. The predicted molar refractivity (Wildman–Crippen MR) is 90.1 cm³/mol. The van der Waals surface area contributed by atoms with E-state index in [-0.39, 0.29) is 5.91 Å². The van der Waals surface area contributed by atoms with Crippen molar-refractivity contribution in [2.75, 3.05) is 6.54 Å². The lowest BCUT2D eigenvalue weighted by Gasteiger charge is -2.30. The maximum absolute atomic E-state index is 12.9. The first-order valence-electron chi connectivity index (χ1n) is 7.94. The zero-order valence-corrected chi connectivity index (χ0v) is 14.2. The van der Waals surface area contributed by atoms with Crippen LogP contribution in [0.3, 0.4) is 0 Å². The fourth-order valence-electron chi connectivity index (χ4n) is 3.53. The maximum atomic E-state index is 12.9. The molecule has 0 unspecified atom stereocenters. The molecular formula is C17H17Cl2N3O. The second-order valence-corrected chi connectivity index (χ2v) is 7.03. The summed E-state index contributed by atoms with van der Waals surface area (Å²) in [6.45, 7) is 2.14. The SMILES string of the molecule is O=C(c1cnn2c1CCCC2)N1CCc2cc(Cl)cc(Cl)c2C1. The van der Waals surface area contributed by atoms with Crippen LogP contribution in [0, 0.1) is 0 Å². The summed E-state index contributed by atoms with van der Waals surface area (Å²) < 4.78 is 1.97. The molecule has 1 aromatic carbocycles. The second-order valence-electron chi connectivity index (χ2n) is 6.19. The van der Waals surface area contributed by atoms with Crippen molar-refractivity contribution in [3.05, 3.63) is 50.8 Å². The molecular weight excluding hydrogens is 333 g/mol. The first-order chi connectivity index (χ1) is 11.1. The molecule has 0 atom stereocenters. The number of aromatic nitrogens is 2. The average Bonchev–Trinajstić information content (AvgIpc) is 2.98. The summed E-state index contributed by atoms with van der Waals surface area (Å²) in [5.74, 6) is 0.0600. The minimum atomic E-state index is 0.0600. The van der Waals surface area contributed by atoms with Gasteiger partial charge in [-0.25, -0.2) is 0 Å². The van der Waals surface area contributed by atoms with Crippen LogP contribution in [0.2, 0.25) is 10.0 Å². The monoisotopic (exact) mass is 349 g/mol. The molecule has 0 saturated carbocycles. The van der Waals surface area contributed by atoms with Gasteiger partial charge < -0.3 is 4.90 Å². The number of halogens is 2. The van der Waals surface area contributed by atoms with Gasteiger partial charge in [-0.2, -0.15) is 5.10 Å². The van der Waals surface area contributed by atoms with Crippen molar-refractivity contribution in [3.8, 4) is 0 Å². The lowest BCUT2D eigenvalue weighted by molar-refractivity contribution is 0.0733. The van der Waals surface area contributed by atoms with Gasteiger partial charge in [0.25, 0.3) is 5.91 Å². The van der Waals surface area contributed by atoms with Crippen molar-refractivity contribution in [2.45, 2.75) is 38.8 Å². The normalized spacial score (nSPS) is 16.9. The number of benzene rings is 1. The largest absolute Gasteiger partial charge is 0.334 e. The van der Waals surface area contributed by atoms with Crippen LogP contribution in [0.5, 0.6) is 0 Å².